The minimum atomic E-state index is -1.02. The van der Waals surface area contributed by atoms with E-state index in [-0.39, 0.29) is 11.6 Å². The van der Waals surface area contributed by atoms with Gasteiger partial charge in [0.25, 0.3) is 0 Å². The molecule has 0 radical (unpaired) electrons. The van der Waals surface area contributed by atoms with Crippen molar-refractivity contribution in [2.24, 2.45) is 0 Å². The molecule has 1 N–H and O–H groups in total. The predicted octanol–water partition coefficient (Wildman–Crippen LogP) is 3.21. The number of hydrogen-bond acceptors (Lipinski definition) is 5. The molecule has 0 aliphatic rings. The molecular formula is C14H15NO4S. The first-order valence-electron chi connectivity index (χ1n) is 6.23. The van der Waals surface area contributed by atoms with E-state index in [1.165, 1.54) is 0 Å². The van der Waals surface area contributed by atoms with Crippen LogP contribution in [0.5, 0.6) is 11.5 Å². The second kappa shape index (κ2) is 6.91. The van der Waals surface area contributed by atoms with Gasteiger partial charge in [-0.2, -0.15) is 0 Å². The number of rotatable bonds is 7. The lowest BCUT2D eigenvalue weighted by atomic mass is 10.3. The van der Waals surface area contributed by atoms with E-state index in [2.05, 4.69) is 4.98 Å². The van der Waals surface area contributed by atoms with Gasteiger partial charge in [-0.25, -0.2) is 9.78 Å². The molecule has 0 atom stereocenters. The summed E-state index contributed by atoms with van der Waals surface area (Å²) < 4.78 is 11.2. The quantitative estimate of drug-likeness (QED) is 0.849. The Bertz CT molecular complexity index is 582. The van der Waals surface area contributed by atoms with Crippen LogP contribution in [0, 0.1) is 0 Å². The van der Waals surface area contributed by atoms with E-state index in [0.717, 1.165) is 17.8 Å². The molecule has 0 fully saturated rings. The zero-order valence-corrected chi connectivity index (χ0v) is 11.9. The fraction of sp³-hybridized carbons (Fsp3) is 0.286. The second-order valence-electron chi connectivity index (χ2n) is 4.03. The molecule has 1 aromatic heterocycles. The Hall–Kier alpha value is -2.08. The molecule has 0 bridgehead atoms. The van der Waals surface area contributed by atoms with E-state index in [1.54, 1.807) is 5.38 Å². The van der Waals surface area contributed by atoms with Crippen molar-refractivity contribution < 1.29 is 19.4 Å². The Morgan fingerprint density at radius 2 is 2.00 bits per heavy atom. The summed E-state index contributed by atoms with van der Waals surface area (Å²) >= 11 is 1.09. The van der Waals surface area contributed by atoms with Gasteiger partial charge < -0.3 is 14.6 Å². The van der Waals surface area contributed by atoms with Gasteiger partial charge in [0.1, 0.15) is 6.61 Å². The smallest absolute Gasteiger partial charge is 0.365 e. The number of carboxylic acids is 1. The molecule has 0 unspecified atom stereocenters. The van der Waals surface area contributed by atoms with Gasteiger partial charge in [-0.3, -0.25) is 0 Å². The molecule has 0 saturated carbocycles. The molecule has 1 aromatic carbocycles. The third kappa shape index (κ3) is 3.71. The summed E-state index contributed by atoms with van der Waals surface area (Å²) in [5, 5.41) is 10.6. The van der Waals surface area contributed by atoms with Gasteiger partial charge in [0.05, 0.1) is 12.3 Å². The van der Waals surface area contributed by atoms with Crippen molar-refractivity contribution in [1.29, 1.82) is 0 Å². The molecule has 1 heterocycles. The lowest BCUT2D eigenvalue weighted by Crippen LogP contribution is -2.01. The van der Waals surface area contributed by atoms with Gasteiger partial charge in [0, 0.05) is 5.38 Å². The number of hydrogen-bond donors (Lipinski definition) is 1. The summed E-state index contributed by atoms with van der Waals surface area (Å²) in [6, 6.07) is 7.39. The average Bonchev–Trinajstić information content (AvgIpc) is 2.93. The number of aromatic nitrogens is 1. The maximum atomic E-state index is 10.7. The molecule has 0 amide bonds. The summed E-state index contributed by atoms with van der Waals surface area (Å²) in [5.41, 5.74) is 0.595. The highest BCUT2D eigenvalue weighted by Crippen LogP contribution is 2.27. The number of thiazole rings is 1. The van der Waals surface area contributed by atoms with E-state index < -0.39 is 5.97 Å². The number of benzene rings is 1. The third-order valence-corrected chi connectivity index (χ3v) is 3.30. The predicted molar refractivity (Wildman–Crippen MR) is 75.6 cm³/mol. The van der Waals surface area contributed by atoms with Gasteiger partial charge in [-0.1, -0.05) is 19.1 Å². The van der Waals surface area contributed by atoms with E-state index >= 15 is 0 Å². The number of carbonyl (C=O) groups is 1. The maximum Gasteiger partial charge on any atom is 0.365 e. The van der Waals surface area contributed by atoms with Crippen LogP contribution in [0.15, 0.2) is 29.6 Å². The molecule has 2 aromatic rings. The van der Waals surface area contributed by atoms with Crippen LogP contribution in [-0.4, -0.2) is 22.7 Å². The Balaban J connectivity index is 2.00. The van der Waals surface area contributed by atoms with Crippen LogP contribution < -0.4 is 9.47 Å². The van der Waals surface area contributed by atoms with Crippen molar-refractivity contribution in [3.8, 4) is 11.5 Å². The Labute approximate surface area is 120 Å². The zero-order valence-electron chi connectivity index (χ0n) is 11.0. The number of carboxylic acid groups (broad SMARTS) is 1. The van der Waals surface area contributed by atoms with E-state index in [1.807, 2.05) is 31.2 Å². The molecule has 106 valence electrons. The molecule has 0 spiro atoms. The number of aromatic carboxylic acids is 1. The highest BCUT2D eigenvalue weighted by atomic mass is 32.1. The van der Waals surface area contributed by atoms with Crippen LogP contribution in [0.2, 0.25) is 0 Å². The van der Waals surface area contributed by atoms with Crippen molar-refractivity contribution in [1.82, 2.24) is 4.98 Å². The van der Waals surface area contributed by atoms with E-state index in [9.17, 15) is 4.79 Å². The lowest BCUT2D eigenvalue weighted by Gasteiger charge is -2.11. The summed E-state index contributed by atoms with van der Waals surface area (Å²) in [4.78, 5) is 14.7. The van der Waals surface area contributed by atoms with Crippen molar-refractivity contribution in [2.45, 2.75) is 20.0 Å². The standard InChI is InChI=1S/C14H15NO4S/c1-2-7-18-11-5-3-4-6-12(11)19-8-10-9-20-13(15-10)14(16)17/h3-6,9H,2,7-8H2,1H3,(H,16,17). The first kappa shape index (κ1) is 14.3. The largest absolute Gasteiger partial charge is 0.490 e. The van der Waals surface area contributed by atoms with Crippen molar-refractivity contribution in [3.63, 3.8) is 0 Å². The van der Waals surface area contributed by atoms with Crippen molar-refractivity contribution in [3.05, 3.63) is 40.3 Å². The topological polar surface area (TPSA) is 68.7 Å². The van der Waals surface area contributed by atoms with Crippen LogP contribution in [0.3, 0.4) is 0 Å². The molecule has 6 heteroatoms. The summed E-state index contributed by atoms with van der Waals surface area (Å²) in [6.07, 6.45) is 0.919. The minimum absolute atomic E-state index is 0.0686. The van der Waals surface area contributed by atoms with Crippen LogP contribution in [0.25, 0.3) is 0 Å². The van der Waals surface area contributed by atoms with E-state index in [4.69, 9.17) is 14.6 Å². The van der Waals surface area contributed by atoms with Crippen molar-refractivity contribution >= 4 is 17.3 Å². The van der Waals surface area contributed by atoms with Crippen LogP contribution in [0.1, 0.15) is 28.8 Å². The third-order valence-electron chi connectivity index (χ3n) is 2.42. The molecular weight excluding hydrogens is 278 g/mol. The van der Waals surface area contributed by atoms with Crippen LogP contribution in [-0.2, 0) is 6.61 Å². The lowest BCUT2D eigenvalue weighted by molar-refractivity contribution is 0.0696. The average molecular weight is 293 g/mol. The second-order valence-corrected chi connectivity index (χ2v) is 4.89. The summed E-state index contributed by atoms with van der Waals surface area (Å²) in [5.74, 6) is 0.293. The highest BCUT2D eigenvalue weighted by Gasteiger charge is 2.10. The molecule has 5 nitrogen and oxygen atoms in total. The fourth-order valence-electron chi connectivity index (χ4n) is 1.52. The number of para-hydroxylation sites is 2. The maximum absolute atomic E-state index is 10.7. The molecule has 0 aliphatic heterocycles. The van der Waals surface area contributed by atoms with Gasteiger partial charge >= 0.3 is 5.97 Å². The van der Waals surface area contributed by atoms with Crippen LogP contribution in [0.4, 0.5) is 0 Å². The van der Waals surface area contributed by atoms with Gasteiger partial charge in [-0.15, -0.1) is 11.3 Å². The monoisotopic (exact) mass is 293 g/mol. The Morgan fingerprint density at radius 1 is 1.30 bits per heavy atom. The van der Waals surface area contributed by atoms with Crippen molar-refractivity contribution in [2.75, 3.05) is 6.61 Å². The molecule has 0 aliphatic carbocycles. The zero-order chi connectivity index (χ0) is 14.4. The van der Waals surface area contributed by atoms with Gasteiger partial charge in [0.2, 0.25) is 5.01 Å². The van der Waals surface area contributed by atoms with E-state index in [0.29, 0.717) is 23.8 Å². The fourth-order valence-corrected chi connectivity index (χ4v) is 2.16. The highest BCUT2D eigenvalue weighted by molar-refractivity contribution is 7.11. The minimum Gasteiger partial charge on any atom is -0.490 e. The first-order valence-corrected chi connectivity index (χ1v) is 7.11. The van der Waals surface area contributed by atoms with Gasteiger partial charge in [0.15, 0.2) is 11.5 Å². The summed E-state index contributed by atoms with van der Waals surface area (Å²) in [7, 11) is 0. The molecule has 20 heavy (non-hydrogen) atoms. The molecule has 2 rings (SSSR count). The number of nitrogens with zero attached hydrogens (tertiary/aromatic N) is 1. The van der Waals surface area contributed by atoms with Gasteiger partial charge in [-0.05, 0) is 18.6 Å². The Morgan fingerprint density at radius 3 is 2.60 bits per heavy atom. The van der Waals surface area contributed by atoms with Crippen LogP contribution >= 0.6 is 11.3 Å². The SMILES string of the molecule is CCCOc1ccccc1OCc1csc(C(=O)O)n1. The number of ether oxygens (including phenoxy) is 2. The Kier molecular flexibility index (Phi) is 4.95. The molecule has 0 saturated heterocycles. The first-order chi connectivity index (χ1) is 9.70. The normalized spacial score (nSPS) is 10.2. The summed E-state index contributed by atoms with van der Waals surface area (Å²) in [6.45, 7) is 2.88.